The molecule has 2 rings (SSSR count). The fraction of sp³-hybridized carbons (Fsp3) is 0.167. The van der Waals surface area contributed by atoms with Crippen molar-refractivity contribution in [2.45, 2.75) is 6.42 Å². The molecule has 0 aliphatic rings. The number of hydrogen-bond donors (Lipinski definition) is 1. The van der Waals surface area contributed by atoms with E-state index in [1.165, 1.54) is 26.4 Å². The highest BCUT2D eigenvalue weighted by molar-refractivity contribution is 6.11. The fourth-order valence-corrected chi connectivity index (χ4v) is 2.12. The summed E-state index contributed by atoms with van der Waals surface area (Å²) in [6.45, 7) is 0. The van der Waals surface area contributed by atoms with Gasteiger partial charge < -0.3 is 14.8 Å². The summed E-state index contributed by atoms with van der Waals surface area (Å²) in [4.78, 5) is 35.8. The Morgan fingerprint density at radius 1 is 0.958 bits per heavy atom. The molecule has 2 aromatic carbocycles. The maximum atomic E-state index is 12.1. The summed E-state index contributed by atoms with van der Waals surface area (Å²) in [5, 5.41) is 2.59. The highest BCUT2D eigenvalue weighted by atomic mass is 16.5. The average molecular weight is 327 g/mol. The van der Waals surface area contributed by atoms with Crippen LogP contribution in [0, 0.1) is 0 Å². The second-order valence-corrected chi connectivity index (χ2v) is 4.92. The van der Waals surface area contributed by atoms with E-state index < -0.39 is 11.9 Å². The first-order valence-electron chi connectivity index (χ1n) is 7.19. The topological polar surface area (TPSA) is 81.7 Å². The maximum Gasteiger partial charge on any atom is 0.337 e. The van der Waals surface area contributed by atoms with Crippen LogP contribution in [0.4, 0.5) is 5.69 Å². The Kier molecular flexibility index (Phi) is 5.68. The van der Waals surface area contributed by atoms with Crippen molar-refractivity contribution in [1.29, 1.82) is 0 Å². The summed E-state index contributed by atoms with van der Waals surface area (Å²) < 4.78 is 9.80. The van der Waals surface area contributed by atoms with E-state index in [0.717, 1.165) is 0 Å². The molecule has 6 nitrogen and oxygen atoms in total. The van der Waals surface area contributed by atoms with Crippen molar-refractivity contribution < 1.29 is 23.9 Å². The van der Waals surface area contributed by atoms with Gasteiger partial charge in [0.25, 0.3) is 0 Å². The van der Waals surface area contributed by atoms with Gasteiger partial charge in [0.05, 0.1) is 31.9 Å². The molecule has 0 aliphatic heterocycles. The van der Waals surface area contributed by atoms with Crippen molar-refractivity contribution in [3.63, 3.8) is 0 Å². The first-order valence-corrected chi connectivity index (χ1v) is 7.19. The van der Waals surface area contributed by atoms with Crippen LogP contribution in [-0.2, 0) is 9.53 Å². The maximum absolute atomic E-state index is 12.1. The Labute approximate surface area is 139 Å². The number of esters is 1. The summed E-state index contributed by atoms with van der Waals surface area (Å²) >= 11 is 0. The van der Waals surface area contributed by atoms with E-state index in [2.05, 4.69) is 10.1 Å². The fourth-order valence-electron chi connectivity index (χ4n) is 2.12. The largest absolute Gasteiger partial charge is 0.495 e. The minimum Gasteiger partial charge on any atom is -0.495 e. The monoisotopic (exact) mass is 327 g/mol. The van der Waals surface area contributed by atoms with E-state index >= 15 is 0 Å². The first-order chi connectivity index (χ1) is 11.5. The number of rotatable bonds is 6. The molecule has 2 aromatic rings. The van der Waals surface area contributed by atoms with Gasteiger partial charge in [0.1, 0.15) is 5.75 Å². The highest BCUT2D eigenvalue weighted by Crippen LogP contribution is 2.26. The van der Waals surface area contributed by atoms with E-state index in [-0.39, 0.29) is 17.8 Å². The van der Waals surface area contributed by atoms with Crippen molar-refractivity contribution in [3.05, 3.63) is 59.7 Å². The molecule has 124 valence electrons. The van der Waals surface area contributed by atoms with Gasteiger partial charge in [0, 0.05) is 5.56 Å². The third-order valence-corrected chi connectivity index (χ3v) is 3.31. The van der Waals surface area contributed by atoms with Crippen LogP contribution in [0.5, 0.6) is 5.75 Å². The van der Waals surface area contributed by atoms with Crippen molar-refractivity contribution in [2.24, 2.45) is 0 Å². The van der Waals surface area contributed by atoms with Gasteiger partial charge in [0.15, 0.2) is 5.78 Å². The summed E-state index contributed by atoms with van der Waals surface area (Å²) in [7, 11) is 2.71. The third kappa shape index (κ3) is 4.19. The average Bonchev–Trinajstić information content (AvgIpc) is 2.61. The number of ether oxygens (including phenoxy) is 2. The number of carbonyl (C=O) groups is 3. The molecular weight excluding hydrogens is 310 g/mol. The standard InChI is InChI=1S/C18H17NO5/c1-23-16-9-8-13(18(22)24-2)10-14(16)19-17(21)11-15(20)12-6-4-3-5-7-12/h3-10H,11H2,1-2H3,(H,19,21). The molecule has 0 aromatic heterocycles. The van der Waals surface area contributed by atoms with Gasteiger partial charge in [-0.05, 0) is 18.2 Å². The number of hydrogen-bond acceptors (Lipinski definition) is 5. The molecule has 0 aliphatic carbocycles. The number of benzene rings is 2. The van der Waals surface area contributed by atoms with E-state index in [9.17, 15) is 14.4 Å². The van der Waals surface area contributed by atoms with E-state index in [4.69, 9.17) is 4.74 Å². The summed E-state index contributed by atoms with van der Waals surface area (Å²) in [5.41, 5.74) is 1.03. The predicted molar refractivity (Wildman–Crippen MR) is 88.4 cm³/mol. The van der Waals surface area contributed by atoms with Gasteiger partial charge >= 0.3 is 5.97 Å². The van der Waals surface area contributed by atoms with Crippen LogP contribution in [0.25, 0.3) is 0 Å². The first kappa shape index (κ1) is 17.2. The Balaban J connectivity index is 2.13. The zero-order valence-electron chi connectivity index (χ0n) is 13.4. The zero-order chi connectivity index (χ0) is 17.5. The number of nitrogens with one attached hydrogen (secondary N) is 1. The minimum atomic E-state index is -0.534. The quantitative estimate of drug-likeness (QED) is 0.501. The van der Waals surface area contributed by atoms with Gasteiger partial charge in [-0.1, -0.05) is 30.3 Å². The molecule has 0 bridgehead atoms. The molecule has 0 saturated heterocycles. The zero-order valence-corrected chi connectivity index (χ0v) is 13.4. The van der Waals surface area contributed by atoms with Crippen molar-refractivity contribution in [1.82, 2.24) is 0 Å². The summed E-state index contributed by atoms with van der Waals surface area (Å²) in [6.07, 6.45) is -0.310. The van der Waals surface area contributed by atoms with E-state index in [1.54, 1.807) is 36.4 Å². The third-order valence-electron chi connectivity index (χ3n) is 3.31. The van der Waals surface area contributed by atoms with Crippen LogP contribution in [0.1, 0.15) is 27.1 Å². The van der Waals surface area contributed by atoms with Crippen LogP contribution in [0.3, 0.4) is 0 Å². The molecule has 0 spiro atoms. The number of carbonyl (C=O) groups excluding carboxylic acids is 3. The molecule has 0 atom stereocenters. The SMILES string of the molecule is COC(=O)c1ccc(OC)c(NC(=O)CC(=O)c2ccccc2)c1. The lowest BCUT2D eigenvalue weighted by Crippen LogP contribution is -2.17. The van der Waals surface area contributed by atoms with Gasteiger partial charge in [-0.15, -0.1) is 0 Å². The van der Waals surface area contributed by atoms with Crippen LogP contribution >= 0.6 is 0 Å². The van der Waals surface area contributed by atoms with Crippen molar-refractivity contribution >= 4 is 23.3 Å². The number of amides is 1. The van der Waals surface area contributed by atoms with Crippen LogP contribution < -0.4 is 10.1 Å². The van der Waals surface area contributed by atoms with Gasteiger partial charge in [-0.2, -0.15) is 0 Å². The number of ketones is 1. The van der Waals surface area contributed by atoms with Crippen LogP contribution in [0.2, 0.25) is 0 Å². The van der Waals surface area contributed by atoms with Crippen LogP contribution in [-0.4, -0.2) is 31.9 Å². The van der Waals surface area contributed by atoms with Crippen LogP contribution in [0.15, 0.2) is 48.5 Å². The van der Waals surface area contributed by atoms with E-state index in [0.29, 0.717) is 17.0 Å². The van der Waals surface area contributed by atoms with E-state index in [1.807, 2.05) is 0 Å². The second-order valence-electron chi connectivity index (χ2n) is 4.92. The molecule has 0 radical (unpaired) electrons. The van der Waals surface area contributed by atoms with Crippen molar-refractivity contribution in [3.8, 4) is 5.75 Å². The lowest BCUT2D eigenvalue weighted by molar-refractivity contribution is -0.115. The smallest absolute Gasteiger partial charge is 0.337 e. The molecule has 24 heavy (non-hydrogen) atoms. The normalized spacial score (nSPS) is 9.92. The Morgan fingerprint density at radius 3 is 2.29 bits per heavy atom. The number of anilines is 1. The van der Waals surface area contributed by atoms with Gasteiger partial charge in [-0.3, -0.25) is 9.59 Å². The lowest BCUT2D eigenvalue weighted by atomic mass is 10.1. The molecule has 1 N–H and O–H groups in total. The summed E-state index contributed by atoms with van der Waals surface area (Å²) in [5.74, 6) is -0.947. The highest BCUT2D eigenvalue weighted by Gasteiger charge is 2.15. The molecule has 0 heterocycles. The Hall–Kier alpha value is -3.15. The number of Topliss-reactive ketones (excluding diaryl/α,β-unsaturated/α-hetero) is 1. The predicted octanol–water partition coefficient (Wildman–Crippen LogP) is 2.69. The lowest BCUT2D eigenvalue weighted by Gasteiger charge is -2.11. The van der Waals surface area contributed by atoms with Gasteiger partial charge in [-0.25, -0.2) is 4.79 Å². The molecule has 6 heteroatoms. The second kappa shape index (κ2) is 7.92. The molecule has 1 amide bonds. The Morgan fingerprint density at radius 2 is 1.67 bits per heavy atom. The van der Waals surface area contributed by atoms with Gasteiger partial charge in [0.2, 0.25) is 5.91 Å². The van der Waals surface area contributed by atoms with Crippen molar-refractivity contribution in [2.75, 3.05) is 19.5 Å². The molecule has 0 unspecified atom stereocenters. The Bertz CT molecular complexity index is 755. The summed E-state index contributed by atoms with van der Waals surface area (Å²) in [6, 6.07) is 13.1. The minimum absolute atomic E-state index is 0.267. The molecule has 0 fully saturated rings. The number of methoxy groups -OCH3 is 2. The molecule has 0 saturated carbocycles. The molecular formula is C18H17NO5.